The van der Waals surface area contributed by atoms with Crippen LogP contribution in [0.4, 0.5) is 0 Å². The highest BCUT2D eigenvalue weighted by Gasteiger charge is 2.16. The number of rotatable bonds is 0. The molecule has 0 aliphatic heterocycles. The molecule has 1 aliphatic carbocycles. The molecule has 0 unspecified atom stereocenters. The van der Waals surface area contributed by atoms with Gasteiger partial charge in [0.2, 0.25) is 0 Å². The van der Waals surface area contributed by atoms with Crippen LogP contribution in [0.3, 0.4) is 0 Å². The predicted molar refractivity (Wildman–Crippen MR) is 51.3 cm³/mol. The van der Waals surface area contributed by atoms with E-state index in [0.717, 1.165) is 0 Å². The van der Waals surface area contributed by atoms with Crippen LogP contribution in [0.1, 0.15) is 16.2 Å². The Bertz CT molecular complexity index is 304. The molecule has 0 radical (unpaired) electrons. The van der Waals surface area contributed by atoms with Gasteiger partial charge in [0.05, 0.1) is 0 Å². The second-order valence-electron chi connectivity index (χ2n) is 3.06. The zero-order valence-corrected chi connectivity index (χ0v) is 8.52. The summed E-state index contributed by atoms with van der Waals surface area (Å²) >= 11 is 3.95. The third kappa shape index (κ3) is 1.27. The zero-order chi connectivity index (χ0) is 7.84. The Morgan fingerprint density at radius 1 is 1.09 bits per heavy atom. The van der Waals surface area contributed by atoms with Gasteiger partial charge in [-0.25, -0.2) is 4.58 Å². The third-order valence-corrected chi connectivity index (χ3v) is 5.01. The van der Waals surface area contributed by atoms with E-state index in [1.165, 1.54) is 23.2 Å². The quantitative estimate of drug-likeness (QED) is 0.538. The summed E-state index contributed by atoms with van der Waals surface area (Å²) in [6, 6.07) is 0. The maximum absolute atomic E-state index is 2.22. The molecule has 0 aromatic carbocycles. The molecule has 0 saturated carbocycles. The molecular weight excluding hydrogens is 174 g/mol. The molecule has 1 aliphatic rings. The van der Waals surface area contributed by atoms with Crippen molar-refractivity contribution in [2.45, 2.75) is 19.3 Å². The topological polar surface area (TPSA) is 3.01 Å². The lowest BCUT2D eigenvalue weighted by Gasteiger charge is -1.80. The Hall–Kier alpha value is -0.150. The van der Waals surface area contributed by atoms with Crippen LogP contribution in [0.25, 0.3) is 0 Å². The van der Waals surface area contributed by atoms with Gasteiger partial charge in [0.15, 0.2) is 0 Å². The van der Waals surface area contributed by atoms with Crippen LogP contribution in [0.5, 0.6) is 0 Å². The fourth-order valence-electron chi connectivity index (χ4n) is 1.32. The molecule has 1 aromatic heterocycles. The maximum Gasteiger partial charge on any atom is 0.313 e. The van der Waals surface area contributed by atoms with E-state index in [-0.39, 0.29) is 0 Å². The molecule has 1 heterocycles. The minimum absolute atomic E-state index is 1.32. The van der Waals surface area contributed by atoms with E-state index in [9.17, 15) is 0 Å². The highest BCUT2D eigenvalue weighted by molar-refractivity contribution is 7.27. The minimum atomic E-state index is 1.32. The SMILES string of the molecule is C[N+](C)=c1sc2c(s1)CCC2. The molecule has 2 rings (SSSR count). The average Bonchev–Trinajstić information content (AvgIpc) is 2.40. The van der Waals surface area contributed by atoms with Crippen LogP contribution in [0.15, 0.2) is 0 Å². The summed E-state index contributed by atoms with van der Waals surface area (Å²) in [6.07, 6.45) is 4.03. The summed E-state index contributed by atoms with van der Waals surface area (Å²) in [5.74, 6) is 0. The number of nitrogens with zero attached hydrogens (tertiary/aromatic N) is 1. The van der Waals surface area contributed by atoms with Crippen molar-refractivity contribution in [3.8, 4) is 0 Å². The smallest absolute Gasteiger partial charge is 0.217 e. The van der Waals surface area contributed by atoms with Gasteiger partial charge in [0, 0.05) is 9.75 Å². The van der Waals surface area contributed by atoms with Gasteiger partial charge >= 0.3 is 3.98 Å². The lowest BCUT2D eigenvalue weighted by Crippen LogP contribution is -2.14. The van der Waals surface area contributed by atoms with E-state index in [2.05, 4.69) is 18.7 Å². The van der Waals surface area contributed by atoms with Crippen molar-refractivity contribution in [1.82, 2.24) is 4.58 Å². The van der Waals surface area contributed by atoms with Gasteiger partial charge in [-0.1, -0.05) is 22.7 Å². The summed E-state index contributed by atoms with van der Waals surface area (Å²) in [5.41, 5.74) is 0. The van der Waals surface area contributed by atoms with E-state index in [4.69, 9.17) is 0 Å². The molecule has 3 heteroatoms. The van der Waals surface area contributed by atoms with Crippen LogP contribution in [0, 0.1) is 0 Å². The Balaban J connectivity index is 2.59. The molecule has 0 bridgehead atoms. The fourth-order valence-corrected chi connectivity index (χ4v) is 4.05. The number of hydrogen-bond acceptors (Lipinski definition) is 2. The molecule has 0 N–H and O–H groups in total. The normalized spacial score (nSPS) is 15.1. The second kappa shape index (κ2) is 2.72. The van der Waals surface area contributed by atoms with Crippen molar-refractivity contribution in [3.05, 3.63) is 13.7 Å². The molecule has 1 aromatic rings. The van der Waals surface area contributed by atoms with Crippen LogP contribution in [0.2, 0.25) is 0 Å². The van der Waals surface area contributed by atoms with Crippen molar-refractivity contribution >= 4 is 22.7 Å². The highest BCUT2D eigenvalue weighted by atomic mass is 32.2. The van der Waals surface area contributed by atoms with Crippen LogP contribution in [-0.4, -0.2) is 14.1 Å². The molecular formula is C8H12NS2+. The largest absolute Gasteiger partial charge is 0.313 e. The Morgan fingerprint density at radius 3 is 2.09 bits per heavy atom. The van der Waals surface area contributed by atoms with Gasteiger partial charge < -0.3 is 0 Å². The summed E-state index contributed by atoms with van der Waals surface area (Å²) in [4.78, 5) is 3.28. The van der Waals surface area contributed by atoms with Crippen molar-refractivity contribution in [3.63, 3.8) is 0 Å². The summed E-state index contributed by atoms with van der Waals surface area (Å²) in [6.45, 7) is 0. The minimum Gasteiger partial charge on any atom is -0.217 e. The molecule has 0 spiro atoms. The lowest BCUT2D eigenvalue weighted by molar-refractivity contribution is 0.843. The van der Waals surface area contributed by atoms with Gasteiger partial charge in [-0.15, -0.1) is 0 Å². The van der Waals surface area contributed by atoms with E-state index >= 15 is 0 Å². The average molecular weight is 186 g/mol. The summed E-state index contributed by atoms with van der Waals surface area (Å²) < 4.78 is 3.67. The van der Waals surface area contributed by atoms with Crippen molar-refractivity contribution in [1.29, 1.82) is 0 Å². The van der Waals surface area contributed by atoms with E-state index in [1.807, 2.05) is 22.7 Å². The van der Waals surface area contributed by atoms with Crippen molar-refractivity contribution in [2.75, 3.05) is 14.1 Å². The standard InChI is InChI=1S/C8H12NS2/c1-9(2)8-10-6-4-3-5-7(6)11-8/h3-5H2,1-2H3/q+1. The van der Waals surface area contributed by atoms with Crippen molar-refractivity contribution < 1.29 is 0 Å². The Labute approximate surface area is 74.6 Å². The van der Waals surface area contributed by atoms with Crippen LogP contribution >= 0.6 is 22.7 Å². The number of hydrogen-bond donors (Lipinski definition) is 0. The van der Waals surface area contributed by atoms with Gasteiger partial charge in [-0.05, 0) is 19.3 Å². The Morgan fingerprint density at radius 2 is 1.64 bits per heavy atom. The van der Waals surface area contributed by atoms with Crippen molar-refractivity contribution in [2.24, 2.45) is 0 Å². The van der Waals surface area contributed by atoms with Gasteiger partial charge in [-0.2, -0.15) is 0 Å². The van der Waals surface area contributed by atoms with E-state index < -0.39 is 0 Å². The first-order chi connectivity index (χ1) is 5.27. The van der Waals surface area contributed by atoms with Gasteiger partial charge in [0.1, 0.15) is 14.1 Å². The monoisotopic (exact) mass is 186 g/mol. The molecule has 1 nitrogen and oxygen atoms in total. The molecule has 0 fully saturated rings. The number of aryl methyl sites for hydroxylation is 2. The third-order valence-electron chi connectivity index (χ3n) is 1.90. The molecule has 11 heavy (non-hydrogen) atoms. The van der Waals surface area contributed by atoms with E-state index in [1.54, 1.807) is 9.75 Å². The summed E-state index contributed by atoms with van der Waals surface area (Å²) in [7, 11) is 4.25. The van der Waals surface area contributed by atoms with Gasteiger partial charge in [0.25, 0.3) is 0 Å². The first kappa shape index (κ1) is 7.50. The first-order valence-electron chi connectivity index (χ1n) is 3.89. The maximum atomic E-state index is 2.22. The van der Waals surface area contributed by atoms with Gasteiger partial charge in [-0.3, -0.25) is 0 Å². The Kier molecular flexibility index (Phi) is 1.85. The highest BCUT2D eigenvalue weighted by Crippen LogP contribution is 2.26. The molecule has 0 saturated heterocycles. The fraction of sp³-hybridized carbons (Fsp3) is 0.625. The first-order valence-corrected chi connectivity index (χ1v) is 5.52. The second-order valence-corrected chi connectivity index (χ2v) is 5.49. The predicted octanol–water partition coefficient (Wildman–Crippen LogP) is 1.33. The van der Waals surface area contributed by atoms with E-state index in [0.29, 0.717) is 0 Å². The lowest BCUT2D eigenvalue weighted by atomic mass is 10.4. The van der Waals surface area contributed by atoms with Crippen LogP contribution in [-0.2, 0) is 12.8 Å². The molecule has 60 valence electrons. The summed E-state index contributed by atoms with van der Waals surface area (Å²) in [5, 5.41) is 0. The molecule has 0 amide bonds. The van der Waals surface area contributed by atoms with Crippen LogP contribution < -0.4 is 8.56 Å². The molecule has 0 atom stereocenters. The zero-order valence-electron chi connectivity index (χ0n) is 6.89. The number of fused-ring (bicyclic) bond motifs is 1.